The van der Waals surface area contributed by atoms with Gasteiger partial charge in [0.2, 0.25) is 5.91 Å². The maximum absolute atomic E-state index is 11.7. The van der Waals surface area contributed by atoms with E-state index in [1.165, 1.54) is 19.1 Å². The highest BCUT2D eigenvalue weighted by Crippen LogP contribution is 2.03. The first-order valence-corrected chi connectivity index (χ1v) is 5.40. The number of ether oxygens (including phenoxy) is 3. The molecule has 0 aliphatic heterocycles. The molecule has 0 aliphatic rings. The molecule has 0 saturated carbocycles. The summed E-state index contributed by atoms with van der Waals surface area (Å²) in [6.45, 7) is 2.87. The predicted molar refractivity (Wildman–Crippen MR) is 61.5 cm³/mol. The minimum Gasteiger partial charge on any atom is -0.469 e. The summed E-state index contributed by atoms with van der Waals surface area (Å²) in [5.41, 5.74) is 0. The van der Waals surface area contributed by atoms with Gasteiger partial charge in [-0.05, 0) is 0 Å². The molecule has 0 aliphatic carbocycles. The molecule has 1 unspecified atom stereocenters. The Bertz CT molecular complexity index is 244. The number of nitrogens with zero attached hydrogens (tertiary/aromatic N) is 1. The van der Waals surface area contributed by atoms with E-state index < -0.39 is 0 Å². The SMILES string of the molecule is COCCN(CC(C)C(=O)OC)C(=O)COC. The molecule has 1 amide bonds. The molecule has 0 aromatic heterocycles. The first kappa shape index (κ1) is 15.9. The molecular formula is C11H21NO5. The molecular weight excluding hydrogens is 226 g/mol. The van der Waals surface area contributed by atoms with E-state index in [9.17, 15) is 9.59 Å². The third kappa shape index (κ3) is 6.23. The molecule has 0 aromatic carbocycles. The second-order valence-electron chi connectivity index (χ2n) is 3.69. The first-order chi connectivity index (χ1) is 8.06. The van der Waals surface area contributed by atoms with Gasteiger partial charge in [-0.3, -0.25) is 9.59 Å². The van der Waals surface area contributed by atoms with Gasteiger partial charge in [-0.1, -0.05) is 6.92 Å². The van der Waals surface area contributed by atoms with Crippen molar-refractivity contribution in [3.8, 4) is 0 Å². The summed E-state index contributed by atoms with van der Waals surface area (Å²) in [7, 11) is 4.34. The van der Waals surface area contributed by atoms with E-state index in [2.05, 4.69) is 4.74 Å². The Morgan fingerprint density at radius 2 is 1.82 bits per heavy atom. The van der Waals surface area contributed by atoms with Crippen molar-refractivity contribution < 1.29 is 23.8 Å². The van der Waals surface area contributed by atoms with Crippen molar-refractivity contribution in [3.63, 3.8) is 0 Å². The van der Waals surface area contributed by atoms with Gasteiger partial charge >= 0.3 is 5.97 Å². The summed E-state index contributed by atoms with van der Waals surface area (Å²) in [6.07, 6.45) is 0. The van der Waals surface area contributed by atoms with Crippen LogP contribution < -0.4 is 0 Å². The Hall–Kier alpha value is -1.14. The van der Waals surface area contributed by atoms with Crippen molar-refractivity contribution >= 4 is 11.9 Å². The van der Waals surface area contributed by atoms with E-state index in [-0.39, 0.29) is 24.4 Å². The number of esters is 1. The van der Waals surface area contributed by atoms with Crippen molar-refractivity contribution in [1.82, 2.24) is 4.90 Å². The lowest BCUT2D eigenvalue weighted by molar-refractivity contribution is -0.147. The van der Waals surface area contributed by atoms with Crippen LogP contribution >= 0.6 is 0 Å². The van der Waals surface area contributed by atoms with Gasteiger partial charge in [-0.2, -0.15) is 0 Å². The summed E-state index contributed by atoms with van der Waals surface area (Å²) >= 11 is 0. The van der Waals surface area contributed by atoms with Crippen molar-refractivity contribution in [2.75, 3.05) is 47.6 Å². The molecule has 0 saturated heterocycles. The molecule has 6 heteroatoms. The van der Waals surface area contributed by atoms with Crippen LogP contribution in [0.2, 0.25) is 0 Å². The number of hydrogen-bond acceptors (Lipinski definition) is 5. The van der Waals surface area contributed by atoms with Gasteiger partial charge in [0.25, 0.3) is 0 Å². The zero-order chi connectivity index (χ0) is 13.3. The monoisotopic (exact) mass is 247 g/mol. The third-order valence-electron chi connectivity index (χ3n) is 2.28. The van der Waals surface area contributed by atoms with Gasteiger partial charge in [-0.15, -0.1) is 0 Å². The summed E-state index contributed by atoms with van der Waals surface area (Å²) < 4.78 is 14.3. The maximum Gasteiger partial charge on any atom is 0.310 e. The van der Waals surface area contributed by atoms with Crippen LogP contribution in [-0.4, -0.2) is 64.4 Å². The van der Waals surface area contributed by atoms with Crippen LogP contribution in [0.4, 0.5) is 0 Å². The molecule has 0 N–H and O–H groups in total. The highest BCUT2D eigenvalue weighted by Gasteiger charge is 2.21. The van der Waals surface area contributed by atoms with Crippen LogP contribution in [0.15, 0.2) is 0 Å². The Morgan fingerprint density at radius 3 is 2.29 bits per heavy atom. The summed E-state index contributed by atoms with van der Waals surface area (Å²) in [4.78, 5) is 24.5. The molecule has 100 valence electrons. The largest absolute Gasteiger partial charge is 0.469 e. The van der Waals surface area contributed by atoms with E-state index in [1.807, 2.05) is 0 Å². The smallest absolute Gasteiger partial charge is 0.310 e. The fourth-order valence-electron chi connectivity index (χ4n) is 1.34. The molecule has 0 rings (SSSR count). The van der Waals surface area contributed by atoms with Crippen LogP contribution in [0.25, 0.3) is 0 Å². The van der Waals surface area contributed by atoms with E-state index in [4.69, 9.17) is 9.47 Å². The fourth-order valence-corrected chi connectivity index (χ4v) is 1.34. The minimum atomic E-state index is -0.363. The highest BCUT2D eigenvalue weighted by molar-refractivity contribution is 5.78. The summed E-state index contributed by atoms with van der Waals surface area (Å²) in [5.74, 6) is -0.865. The van der Waals surface area contributed by atoms with Crippen molar-refractivity contribution in [3.05, 3.63) is 0 Å². The number of carbonyl (C=O) groups is 2. The van der Waals surface area contributed by atoms with Gasteiger partial charge in [0.1, 0.15) is 6.61 Å². The summed E-state index contributed by atoms with van der Waals surface area (Å²) in [6, 6.07) is 0. The average Bonchev–Trinajstić information content (AvgIpc) is 2.33. The molecule has 0 heterocycles. The molecule has 17 heavy (non-hydrogen) atoms. The highest BCUT2D eigenvalue weighted by atomic mass is 16.5. The molecule has 0 radical (unpaired) electrons. The minimum absolute atomic E-state index is 0.00237. The van der Waals surface area contributed by atoms with Crippen LogP contribution in [0.5, 0.6) is 0 Å². The van der Waals surface area contributed by atoms with Crippen LogP contribution in [0, 0.1) is 5.92 Å². The molecule has 0 spiro atoms. The number of carbonyl (C=O) groups excluding carboxylic acids is 2. The summed E-state index contributed by atoms with van der Waals surface area (Å²) in [5, 5.41) is 0. The van der Waals surface area contributed by atoms with Crippen LogP contribution in [-0.2, 0) is 23.8 Å². The molecule has 1 atom stereocenters. The quantitative estimate of drug-likeness (QED) is 0.561. The van der Waals surface area contributed by atoms with Gasteiger partial charge in [-0.25, -0.2) is 0 Å². The van der Waals surface area contributed by atoms with Crippen molar-refractivity contribution in [2.45, 2.75) is 6.92 Å². The fraction of sp³-hybridized carbons (Fsp3) is 0.818. The van der Waals surface area contributed by atoms with Gasteiger partial charge in [0, 0.05) is 27.3 Å². The number of rotatable bonds is 8. The Labute approximate surface area is 102 Å². The number of amides is 1. The lowest BCUT2D eigenvalue weighted by atomic mass is 10.1. The Kier molecular flexibility index (Phi) is 8.35. The topological polar surface area (TPSA) is 65.1 Å². The zero-order valence-corrected chi connectivity index (χ0v) is 10.9. The third-order valence-corrected chi connectivity index (χ3v) is 2.28. The lowest BCUT2D eigenvalue weighted by Crippen LogP contribution is -2.41. The number of methoxy groups -OCH3 is 3. The lowest BCUT2D eigenvalue weighted by Gasteiger charge is -2.24. The number of hydrogen-bond donors (Lipinski definition) is 0. The van der Waals surface area contributed by atoms with Gasteiger partial charge in [0.15, 0.2) is 0 Å². The van der Waals surface area contributed by atoms with Crippen molar-refractivity contribution in [2.24, 2.45) is 5.92 Å². The first-order valence-electron chi connectivity index (χ1n) is 5.40. The Balaban J connectivity index is 4.36. The van der Waals surface area contributed by atoms with E-state index in [0.29, 0.717) is 19.7 Å². The van der Waals surface area contributed by atoms with E-state index in [0.717, 1.165) is 0 Å². The normalized spacial score (nSPS) is 12.0. The zero-order valence-electron chi connectivity index (χ0n) is 10.9. The van der Waals surface area contributed by atoms with Crippen LogP contribution in [0.1, 0.15) is 6.92 Å². The molecule has 0 aromatic rings. The maximum atomic E-state index is 11.7. The molecule has 0 bridgehead atoms. The average molecular weight is 247 g/mol. The van der Waals surface area contributed by atoms with Gasteiger partial charge < -0.3 is 19.1 Å². The van der Waals surface area contributed by atoms with Crippen molar-refractivity contribution in [1.29, 1.82) is 0 Å². The molecule has 0 fully saturated rings. The second-order valence-corrected chi connectivity index (χ2v) is 3.69. The van der Waals surface area contributed by atoms with E-state index >= 15 is 0 Å². The Morgan fingerprint density at radius 1 is 1.18 bits per heavy atom. The van der Waals surface area contributed by atoms with Crippen LogP contribution in [0.3, 0.4) is 0 Å². The standard InChI is InChI=1S/C11H21NO5/c1-9(11(14)17-4)7-12(5-6-15-2)10(13)8-16-3/h9H,5-8H2,1-4H3. The molecule has 6 nitrogen and oxygen atoms in total. The second kappa shape index (κ2) is 8.95. The predicted octanol–water partition coefficient (Wildman–Crippen LogP) is -0.0831. The van der Waals surface area contributed by atoms with E-state index in [1.54, 1.807) is 14.0 Å². The van der Waals surface area contributed by atoms with Gasteiger partial charge in [0.05, 0.1) is 19.6 Å².